The Hall–Kier alpha value is -0.840. The first-order valence-corrected chi connectivity index (χ1v) is 5.99. The van der Waals surface area contributed by atoms with Gasteiger partial charge in [0.25, 0.3) is 0 Å². The van der Waals surface area contributed by atoms with Crippen molar-refractivity contribution in [2.45, 2.75) is 25.4 Å². The zero-order valence-corrected chi connectivity index (χ0v) is 11.3. The first-order chi connectivity index (χ1) is 8.16. The van der Waals surface area contributed by atoms with E-state index in [1.807, 2.05) is 0 Å². The molecule has 1 aromatic rings. The van der Waals surface area contributed by atoms with Crippen molar-refractivity contribution in [3.8, 4) is 0 Å². The molecule has 1 amide bonds. The summed E-state index contributed by atoms with van der Waals surface area (Å²) >= 11 is 5.66. The zero-order valence-electron chi connectivity index (χ0n) is 9.71. The first kappa shape index (κ1) is 15.2. The van der Waals surface area contributed by atoms with Crippen LogP contribution in [0.1, 0.15) is 18.4 Å². The molecule has 6 heteroatoms. The molecule has 1 atom stereocenters. The molecule has 3 nitrogen and oxygen atoms in total. The number of carbonyl (C=O) groups excluding carboxylic acids is 1. The summed E-state index contributed by atoms with van der Waals surface area (Å²) < 4.78 is 12.9. The zero-order chi connectivity index (χ0) is 12.3. The van der Waals surface area contributed by atoms with E-state index in [0.29, 0.717) is 6.54 Å². The van der Waals surface area contributed by atoms with E-state index in [1.165, 1.54) is 12.1 Å². The number of rotatable bonds is 3. The van der Waals surface area contributed by atoms with Crippen molar-refractivity contribution in [1.82, 2.24) is 10.6 Å². The van der Waals surface area contributed by atoms with E-state index < -0.39 is 5.82 Å². The molecule has 1 aromatic carbocycles. The number of carbonyl (C=O) groups is 1. The van der Waals surface area contributed by atoms with E-state index in [4.69, 9.17) is 11.6 Å². The summed E-state index contributed by atoms with van der Waals surface area (Å²) in [5, 5.41) is 6.00. The normalized spacial score (nSPS) is 18.2. The van der Waals surface area contributed by atoms with Crippen LogP contribution >= 0.6 is 24.0 Å². The molecule has 1 heterocycles. The van der Waals surface area contributed by atoms with Crippen LogP contribution in [0.25, 0.3) is 0 Å². The van der Waals surface area contributed by atoms with Gasteiger partial charge in [-0.1, -0.05) is 17.7 Å². The van der Waals surface area contributed by atoms with Gasteiger partial charge in [-0.15, -0.1) is 12.4 Å². The first-order valence-electron chi connectivity index (χ1n) is 5.62. The molecule has 1 aliphatic rings. The van der Waals surface area contributed by atoms with Gasteiger partial charge in [-0.3, -0.25) is 4.79 Å². The Morgan fingerprint density at radius 2 is 2.33 bits per heavy atom. The lowest BCUT2D eigenvalue weighted by Crippen LogP contribution is -2.39. The van der Waals surface area contributed by atoms with Crippen molar-refractivity contribution in [3.05, 3.63) is 34.6 Å². The lowest BCUT2D eigenvalue weighted by molar-refractivity contribution is -0.122. The minimum Gasteiger partial charge on any atom is -0.351 e. The molecule has 0 unspecified atom stereocenters. The van der Waals surface area contributed by atoms with Gasteiger partial charge in [0.1, 0.15) is 5.82 Å². The van der Waals surface area contributed by atoms with Gasteiger partial charge in [0.05, 0.1) is 11.1 Å². The van der Waals surface area contributed by atoms with Crippen LogP contribution in [0.2, 0.25) is 5.02 Å². The lowest BCUT2D eigenvalue weighted by atomic mass is 10.2. The summed E-state index contributed by atoms with van der Waals surface area (Å²) in [4.78, 5) is 11.7. The third-order valence-corrected chi connectivity index (χ3v) is 3.12. The molecule has 0 saturated carbocycles. The maximum Gasteiger partial charge on any atom is 0.237 e. The number of nitrogens with one attached hydrogen (secondary N) is 2. The Morgan fingerprint density at radius 3 is 2.94 bits per heavy atom. The second kappa shape index (κ2) is 6.92. The van der Waals surface area contributed by atoms with Crippen molar-refractivity contribution < 1.29 is 9.18 Å². The molecule has 0 radical (unpaired) electrons. The second-order valence-corrected chi connectivity index (χ2v) is 4.52. The second-order valence-electron chi connectivity index (χ2n) is 4.12. The van der Waals surface area contributed by atoms with Crippen molar-refractivity contribution in [2.24, 2.45) is 0 Å². The fraction of sp³-hybridized carbons (Fsp3) is 0.417. The summed E-state index contributed by atoms with van der Waals surface area (Å²) in [6, 6.07) is 4.35. The summed E-state index contributed by atoms with van der Waals surface area (Å²) in [6.45, 7) is 1.26. The molecule has 1 saturated heterocycles. The van der Waals surface area contributed by atoms with E-state index in [0.717, 1.165) is 24.9 Å². The highest BCUT2D eigenvalue weighted by molar-refractivity contribution is 6.30. The van der Waals surface area contributed by atoms with Gasteiger partial charge < -0.3 is 10.6 Å². The monoisotopic (exact) mass is 292 g/mol. The molecular weight excluding hydrogens is 278 g/mol. The van der Waals surface area contributed by atoms with Crippen LogP contribution in [0.4, 0.5) is 4.39 Å². The molecule has 0 bridgehead atoms. The third-order valence-electron chi connectivity index (χ3n) is 2.83. The number of amides is 1. The van der Waals surface area contributed by atoms with Gasteiger partial charge >= 0.3 is 0 Å². The van der Waals surface area contributed by atoms with Crippen LogP contribution in [0, 0.1) is 5.82 Å². The summed E-state index contributed by atoms with van der Waals surface area (Å²) in [5.74, 6) is -0.456. The topological polar surface area (TPSA) is 41.1 Å². The highest BCUT2D eigenvalue weighted by atomic mass is 35.5. The van der Waals surface area contributed by atoms with Crippen LogP contribution in [-0.4, -0.2) is 18.5 Å². The Kier molecular flexibility index (Phi) is 5.85. The fourth-order valence-electron chi connectivity index (χ4n) is 1.87. The molecule has 0 aromatic heterocycles. The molecule has 100 valence electrons. The largest absolute Gasteiger partial charge is 0.351 e. The Bertz CT molecular complexity index is 423. The Balaban J connectivity index is 0.00000162. The van der Waals surface area contributed by atoms with E-state index in [1.54, 1.807) is 6.07 Å². The van der Waals surface area contributed by atoms with Gasteiger partial charge in [-0.2, -0.15) is 0 Å². The standard InChI is InChI=1S/C12H14ClFN2O.ClH/c13-9-6-8(3-4-10(9)14)7-16-12(17)11-2-1-5-15-11;/h3-4,6,11,15H,1-2,5,7H2,(H,16,17);1H/t11-;/m0./s1. The summed E-state index contributed by atoms with van der Waals surface area (Å²) in [6.07, 6.45) is 1.90. The number of halogens is 3. The van der Waals surface area contributed by atoms with E-state index in [9.17, 15) is 9.18 Å². The highest BCUT2D eigenvalue weighted by Gasteiger charge is 2.21. The van der Waals surface area contributed by atoms with Crippen molar-refractivity contribution in [1.29, 1.82) is 0 Å². The average molecular weight is 293 g/mol. The summed E-state index contributed by atoms with van der Waals surface area (Å²) in [7, 11) is 0. The molecular formula is C12H15Cl2FN2O. The number of hydrogen-bond donors (Lipinski definition) is 2. The molecule has 0 aliphatic carbocycles. The fourth-order valence-corrected chi connectivity index (χ4v) is 2.07. The minimum atomic E-state index is -0.445. The van der Waals surface area contributed by atoms with Crippen LogP contribution < -0.4 is 10.6 Å². The van der Waals surface area contributed by atoms with E-state index >= 15 is 0 Å². The number of benzene rings is 1. The van der Waals surface area contributed by atoms with Crippen LogP contribution in [-0.2, 0) is 11.3 Å². The third kappa shape index (κ3) is 3.83. The van der Waals surface area contributed by atoms with Crippen molar-refractivity contribution in [3.63, 3.8) is 0 Å². The molecule has 0 spiro atoms. The maximum atomic E-state index is 12.9. The van der Waals surface area contributed by atoms with Gasteiger partial charge in [-0.05, 0) is 37.1 Å². The molecule has 1 aliphatic heterocycles. The quantitative estimate of drug-likeness (QED) is 0.897. The van der Waals surface area contributed by atoms with E-state index in [2.05, 4.69) is 10.6 Å². The maximum absolute atomic E-state index is 12.9. The van der Waals surface area contributed by atoms with Gasteiger partial charge in [-0.25, -0.2) is 4.39 Å². The molecule has 18 heavy (non-hydrogen) atoms. The smallest absolute Gasteiger partial charge is 0.237 e. The number of hydrogen-bond acceptors (Lipinski definition) is 2. The lowest BCUT2D eigenvalue weighted by Gasteiger charge is -2.11. The van der Waals surface area contributed by atoms with Gasteiger partial charge in [0.15, 0.2) is 0 Å². The average Bonchev–Trinajstić information content (AvgIpc) is 2.84. The summed E-state index contributed by atoms with van der Waals surface area (Å²) in [5.41, 5.74) is 0.794. The molecule has 2 N–H and O–H groups in total. The molecule has 2 rings (SSSR count). The van der Waals surface area contributed by atoms with Crippen molar-refractivity contribution >= 4 is 29.9 Å². The van der Waals surface area contributed by atoms with Gasteiger partial charge in [0.2, 0.25) is 5.91 Å². The minimum absolute atomic E-state index is 0. The van der Waals surface area contributed by atoms with Crippen LogP contribution in [0.3, 0.4) is 0 Å². The van der Waals surface area contributed by atoms with Gasteiger partial charge in [0, 0.05) is 6.54 Å². The SMILES string of the molecule is Cl.O=C(NCc1ccc(F)c(Cl)c1)[C@@H]1CCCN1. The van der Waals surface area contributed by atoms with Crippen LogP contribution in [0.15, 0.2) is 18.2 Å². The Morgan fingerprint density at radius 1 is 1.56 bits per heavy atom. The van der Waals surface area contributed by atoms with Crippen LogP contribution in [0.5, 0.6) is 0 Å². The predicted octanol–water partition coefficient (Wildman–Crippen LogP) is 2.27. The highest BCUT2D eigenvalue weighted by Crippen LogP contribution is 2.16. The van der Waals surface area contributed by atoms with Crippen molar-refractivity contribution in [2.75, 3.05) is 6.54 Å². The predicted molar refractivity (Wildman–Crippen MR) is 71.5 cm³/mol. The Labute approximate surface area is 116 Å². The van der Waals surface area contributed by atoms with E-state index in [-0.39, 0.29) is 29.4 Å². The molecule has 1 fully saturated rings.